The predicted molar refractivity (Wildman–Crippen MR) is 50.0 cm³/mol. The number of rotatable bonds is 1. The summed E-state index contributed by atoms with van der Waals surface area (Å²) in [6.07, 6.45) is 1.55. The first-order valence-electron chi connectivity index (χ1n) is 4.35. The third-order valence-electron chi connectivity index (χ3n) is 1.23. The van der Waals surface area contributed by atoms with Gasteiger partial charge in [0.1, 0.15) is 18.0 Å². The number of hydrogen-bond donors (Lipinski definition) is 0. The molecule has 0 saturated carbocycles. The van der Waals surface area contributed by atoms with Gasteiger partial charge in [-0.05, 0) is 6.92 Å². The zero-order valence-corrected chi connectivity index (χ0v) is 8.50. The van der Waals surface area contributed by atoms with Crippen LogP contribution < -0.4 is 0 Å². The molecule has 0 fully saturated rings. The molecule has 0 saturated heterocycles. The zero-order chi connectivity index (χ0) is 9.56. The van der Waals surface area contributed by atoms with Crippen molar-refractivity contribution in [3.63, 3.8) is 0 Å². The average Bonchev–Trinajstić information content (AvgIpc) is 2.08. The molecule has 0 unspecified atom stereocenters. The summed E-state index contributed by atoms with van der Waals surface area (Å²) in [6, 6.07) is 0. The molecule has 1 aromatic heterocycles. The Kier molecular flexibility index (Phi) is 5.17. The van der Waals surface area contributed by atoms with E-state index in [0.29, 0.717) is 5.92 Å². The molecule has 68 valence electrons. The van der Waals surface area contributed by atoms with Gasteiger partial charge in [0.25, 0.3) is 0 Å². The first-order chi connectivity index (χ1) is 5.70. The molecule has 0 aliphatic heterocycles. The van der Waals surface area contributed by atoms with Crippen molar-refractivity contribution in [1.29, 1.82) is 0 Å². The quantitative estimate of drug-likeness (QED) is 0.644. The molecule has 1 heterocycles. The summed E-state index contributed by atoms with van der Waals surface area (Å²) in [5, 5.41) is 0. The molecule has 3 nitrogen and oxygen atoms in total. The lowest BCUT2D eigenvalue weighted by molar-refractivity contribution is 0.746. The summed E-state index contributed by atoms with van der Waals surface area (Å²) in [5.41, 5.74) is 0. The SMILES string of the molecule is CC.Cc1ncnc(C(C)C)n1. The van der Waals surface area contributed by atoms with E-state index in [-0.39, 0.29) is 0 Å². The van der Waals surface area contributed by atoms with Gasteiger partial charge in [0.2, 0.25) is 0 Å². The van der Waals surface area contributed by atoms with Gasteiger partial charge in [0.15, 0.2) is 0 Å². The van der Waals surface area contributed by atoms with E-state index in [9.17, 15) is 0 Å². The summed E-state index contributed by atoms with van der Waals surface area (Å²) in [7, 11) is 0. The molecule has 3 heteroatoms. The Morgan fingerprint density at radius 2 is 1.75 bits per heavy atom. The van der Waals surface area contributed by atoms with Gasteiger partial charge in [-0.2, -0.15) is 0 Å². The monoisotopic (exact) mass is 167 g/mol. The van der Waals surface area contributed by atoms with Crippen LogP contribution in [0.25, 0.3) is 0 Å². The second-order valence-corrected chi connectivity index (χ2v) is 2.55. The number of hydrogen-bond acceptors (Lipinski definition) is 3. The van der Waals surface area contributed by atoms with Crippen LogP contribution in [0.5, 0.6) is 0 Å². The van der Waals surface area contributed by atoms with Gasteiger partial charge >= 0.3 is 0 Å². The van der Waals surface area contributed by atoms with Crippen molar-refractivity contribution < 1.29 is 0 Å². The van der Waals surface area contributed by atoms with Crippen molar-refractivity contribution in [3.05, 3.63) is 18.0 Å². The smallest absolute Gasteiger partial charge is 0.134 e. The van der Waals surface area contributed by atoms with Gasteiger partial charge in [-0.1, -0.05) is 27.7 Å². The van der Waals surface area contributed by atoms with Crippen molar-refractivity contribution in [2.45, 2.75) is 40.5 Å². The topological polar surface area (TPSA) is 38.7 Å². The fraction of sp³-hybridized carbons (Fsp3) is 0.667. The minimum absolute atomic E-state index is 0.390. The maximum atomic E-state index is 4.15. The highest BCUT2D eigenvalue weighted by Gasteiger charge is 2.00. The number of aryl methyl sites for hydroxylation is 1. The van der Waals surface area contributed by atoms with Crippen LogP contribution in [0.4, 0.5) is 0 Å². The van der Waals surface area contributed by atoms with Crippen LogP contribution >= 0.6 is 0 Å². The fourth-order valence-corrected chi connectivity index (χ4v) is 0.673. The molecule has 0 aliphatic carbocycles. The van der Waals surface area contributed by atoms with Crippen LogP contribution in [-0.4, -0.2) is 15.0 Å². The van der Waals surface area contributed by atoms with Crippen molar-refractivity contribution in [2.75, 3.05) is 0 Å². The summed E-state index contributed by atoms with van der Waals surface area (Å²) in [4.78, 5) is 12.1. The van der Waals surface area contributed by atoms with E-state index < -0.39 is 0 Å². The first kappa shape index (κ1) is 11.0. The number of aromatic nitrogens is 3. The Morgan fingerprint density at radius 1 is 1.17 bits per heavy atom. The standard InChI is InChI=1S/C7H11N3.C2H6/c1-5(2)7-9-4-8-6(3)10-7;1-2/h4-5H,1-3H3;1-2H3. The van der Waals surface area contributed by atoms with Gasteiger partial charge in [-0.3, -0.25) is 0 Å². The highest BCUT2D eigenvalue weighted by atomic mass is 15.0. The molecule has 0 aliphatic rings. The van der Waals surface area contributed by atoms with Crippen molar-refractivity contribution >= 4 is 0 Å². The minimum atomic E-state index is 0.390. The van der Waals surface area contributed by atoms with Crippen LogP contribution in [0.2, 0.25) is 0 Å². The highest BCUT2D eigenvalue weighted by Crippen LogP contribution is 2.05. The van der Waals surface area contributed by atoms with E-state index in [0.717, 1.165) is 11.6 Å². The highest BCUT2D eigenvalue weighted by molar-refractivity contribution is 4.92. The van der Waals surface area contributed by atoms with Gasteiger partial charge < -0.3 is 0 Å². The Balaban J connectivity index is 0.000000561. The number of nitrogens with zero attached hydrogens (tertiary/aromatic N) is 3. The maximum absolute atomic E-state index is 4.15. The van der Waals surface area contributed by atoms with Gasteiger partial charge in [-0.15, -0.1) is 0 Å². The van der Waals surface area contributed by atoms with Crippen LogP contribution in [0.1, 0.15) is 45.3 Å². The van der Waals surface area contributed by atoms with Crippen molar-refractivity contribution in [1.82, 2.24) is 15.0 Å². The normalized spacial score (nSPS) is 9.17. The van der Waals surface area contributed by atoms with Crippen molar-refractivity contribution in [2.24, 2.45) is 0 Å². The zero-order valence-electron chi connectivity index (χ0n) is 8.50. The average molecular weight is 167 g/mol. The Morgan fingerprint density at radius 3 is 2.08 bits per heavy atom. The Labute approximate surface area is 74.3 Å². The van der Waals surface area contributed by atoms with Crippen LogP contribution in [0.15, 0.2) is 6.33 Å². The van der Waals surface area contributed by atoms with Crippen LogP contribution in [0.3, 0.4) is 0 Å². The van der Waals surface area contributed by atoms with E-state index in [2.05, 4.69) is 28.8 Å². The van der Waals surface area contributed by atoms with Gasteiger partial charge in [0, 0.05) is 5.92 Å². The molecule has 12 heavy (non-hydrogen) atoms. The summed E-state index contributed by atoms with van der Waals surface area (Å²) >= 11 is 0. The first-order valence-corrected chi connectivity index (χ1v) is 4.35. The minimum Gasteiger partial charge on any atom is -0.222 e. The summed E-state index contributed by atoms with van der Waals surface area (Å²) in [6.45, 7) is 10.00. The van der Waals surface area contributed by atoms with Crippen LogP contribution in [0, 0.1) is 6.92 Å². The second kappa shape index (κ2) is 5.63. The summed E-state index contributed by atoms with van der Waals surface area (Å²) in [5.74, 6) is 2.05. The molecule has 0 aromatic carbocycles. The molecule has 0 radical (unpaired) electrons. The van der Waals surface area contributed by atoms with E-state index in [1.165, 1.54) is 0 Å². The third-order valence-corrected chi connectivity index (χ3v) is 1.23. The predicted octanol–water partition coefficient (Wildman–Crippen LogP) is 2.33. The maximum Gasteiger partial charge on any atom is 0.134 e. The molecule has 0 amide bonds. The van der Waals surface area contributed by atoms with Crippen molar-refractivity contribution in [3.8, 4) is 0 Å². The molecular weight excluding hydrogens is 150 g/mol. The second-order valence-electron chi connectivity index (χ2n) is 2.55. The van der Waals surface area contributed by atoms with Gasteiger partial charge in [-0.25, -0.2) is 15.0 Å². The molecule has 0 spiro atoms. The van der Waals surface area contributed by atoms with E-state index in [4.69, 9.17) is 0 Å². The molecule has 0 N–H and O–H groups in total. The van der Waals surface area contributed by atoms with Gasteiger partial charge in [0.05, 0.1) is 0 Å². The molecule has 1 aromatic rings. The Hall–Kier alpha value is -0.990. The van der Waals surface area contributed by atoms with Crippen LogP contribution in [-0.2, 0) is 0 Å². The fourth-order valence-electron chi connectivity index (χ4n) is 0.673. The van der Waals surface area contributed by atoms with E-state index >= 15 is 0 Å². The lowest BCUT2D eigenvalue weighted by Gasteiger charge is -2.00. The molecule has 0 bridgehead atoms. The molecule has 0 atom stereocenters. The van der Waals surface area contributed by atoms with E-state index in [1.54, 1.807) is 6.33 Å². The Bertz CT molecular complexity index is 221. The lowest BCUT2D eigenvalue weighted by atomic mass is 10.2. The van der Waals surface area contributed by atoms with E-state index in [1.807, 2.05) is 20.8 Å². The summed E-state index contributed by atoms with van der Waals surface area (Å²) < 4.78 is 0. The molecular formula is C9H17N3. The molecule has 1 rings (SSSR count). The lowest BCUT2D eigenvalue weighted by Crippen LogP contribution is -1.99. The largest absolute Gasteiger partial charge is 0.222 e. The third kappa shape index (κ3) is 3.42.